The molecule has 0 radical (unpaired) electrons. The predicted octanol–water partition coefficient (Wildman–Crippen LogP) is 4.02. The average Bonchev–Trinajstić information content (AvgIpc) is 2.85. The first-order valence-corrected chi connectivity index (χ1v) is 8.56. The monoisotopic (exact) mass is 295 g/mol. The minimum Gasteiger partial charge on any atom is -0.309 e. The molecule has 2 aromatic rings. The molecule has 0 N–H and O–H groups in total. The maximum atomic E-state index is 6.08. The van der Waals surface area contributed by atoms with Crippen LogP contribution in [0.1, 0.15) is 37.5 Å². The SMILES string of the molecule is CSC1CCCC(n2c(CCl)nc3cccnc32)C1. The van der Waals surface area contributed by atoms with E-state index in [1.807, 2.05) is 30.1 Å². The third-order valence-electron chi connectivity index (χ3n) is 3.94. The quantitative estimate of drug-likeness (QED) is 0.801. The number of rotatable bonds is 3. The number of imidazole rings is 1. The Balaban J connectivity index is 2.02. The van der Waals surface area contributed by atoms with Crippen molar-refractivity contribution >= 4 is 34.5 Å². The summed E-state index contributed by atoms with van der Waals surface area (Å²) in [7, 11) is 0. The summed E-state index contributed by atoms with van der Waals surface area (Å²) in [6, 6.07) is 4.45. The largest absolute Gasteiger partial charge is 0.309 e. The van der Waals surface area contributed by atoms with Gasteiger partial charge in [-0.15, -0.1) is 11.6 Å². The number of hydrogen-bond acceptors (Lipinski definition) is 3. The molecule has 1 aliphatic rings. The van der Waals surface area contributed by atoms with Crippen LogP contribution < -0.4 is 0 Å². The zero-order valence-electron chi connectivity index (χ0n) is 11.1. The van der Waals surface area contributed by atoms with Gasteiger partial charge in [-0.25, -0.2) is 9.97 Å². The fourth-order valence-corrected chi connectivity index (χ4v) is 4.03. The van der Waals surface area contributed by atoms with Gasteiger partial charge in [0.2, 0.25) is 0 Å². The van der Waals surface area contributed by atoms with Crippen LogP contribution in [0, 0.1) is 0 Å². The first-order chi connectivity index (χ1) is 9.33. The van der Waals surface area contributed by atoms with E-state index in [4.69, 9.17) is 11.6 Å². The van der Waals surface area contributed by atoms with E-state index in [0.717, 1.165) is 22.2 Å². The lowest BCUT2D eigenvalue weighted by molar-refractivity contribution is 0.361. The van der Waals surface area contributed by atoms with Crippen LogP contribution in [0.4, 0.5) is 0 Å². The summed E-state index contributed by atoms with van der Waals surface area (Å²) in [5.41, 5.74) is 1.95. The standard InChI is InChI=1S/C14H18ClN3S/c1-19-11-5-2-4-10(8-11)18-13(9-15)17-12-6-3-7-16-14(12)18/h3,6-7,10-11H,2,4-5,8-9H2,1H3. The number of alkyl halides is 1. The van der Waals surface area contributed by atoms with Crippen molar-refractivity contribution in [1.82, 2.24) is 14.5 Å². The van der Waals surface area contributed by atoms with Crippen molar-refractivity contribution in [3.05, 3.63) is 24.2 Å². The number of aromatic nitrogens is 3. The molecule has 5 heteroatoms. The summed E-state index contributed by atoms with van der Waals surface area (Å²) >= 11 is 8.06. The van der Waals surface area contributed by atoms with Gasteiger partial charge in [0.15, 0.2) is 5.65 Å². The van der Waals surface area contributed by atoms with Gasteiger partial charge >= 0.3 is 0 Å². The molecule has 3 rings (SSSR count). The van der Waals surface area contributed by atoms with Crippen molar-refractivity contribution in [3.63, 3.8) is 0 Å². The second-order valence-corrected chi connectivity index (χ2v) is 6.46. The van der Waals surface area contributed by atoms with E-state index < -0.39 is 0 Å². The Morgan fingerprint density at radius 3 is 3.16 bits per heavy atom. The summed E-state index contributed by atoms with van der Waals surface area (Å²) in [6.07, 6.45) is 9.07. The Labute approximate surface area is 122 Å². The number of halogens is 1. The second kappa shape index (κ2) is 5.71. The van der Waals surface area contributed by atoms with Crippen LogP contribution in [-0.4, -0.2) is 26.0 Å². The molecule has 2 unspecified atom stereocenters. The first-order valence-electron chi connectivity index (χ1n) is 6.74. The lowest BCUT2D eigenvalue weighted by Gasteiger charge is -2.30. The van der Waals surface area contributed by atoms with E-state index in [1.165, 1.54) is 25.7 Å². The molecule has 2 aromatic heterocycles. The molecular formula is C14H18ClN3S. The summed E-state index contributed by atoms with van der Waals surface area (Å²) in [5.74, 6) is 1.42. The highest BCUT2D eigenvalue weighted by atomic mass is 35.5. The van der Waals surface area contributed by atoms with Gasteiger partial charge in [-0.3, -0.25) is 0 Å². The van der Waals surface area contributed by atoms with Crippen molar-refractivity contribution < 1.29 is 0 Å². The Bertz CT molecular complexity index is 569. The van der Waals surface area contributed by atoms with E-state index in [1.54, 1.807) is 0 Å². The zero-order valence-corrected chi connectivity index (χ0v) is 12.6. The minimum atomic E-state index is 0.455. The molecule has 0 amide bonds. The summed E-state index contributed by atoms with van der Waals surface area (Å²) in [4.78, 5) is 9.13. The number of thioether (sulfide) groups is 1. The summed E-state index contributed by atoms with van der Waals surface area (Å²) in [6.45, 7) is 0. The molecule has 2 heterocycles. The summed E-state index contributed by atoms with van der Waals surface area (Å²) < 4.78 is 2.28. The molecule has 0 aromatic carbocycles. The van der Waals surface area contributed by atoms with Crippen molar-refractivity contribution in [2.24, 2.45) is 0 Å². The average molecular weight is 296 g/mol. The second-order valence-electron chi connectivity index (χ2n) is 5.06. The molecular weight excluding hydrogens is 278 g/mol. The van der Waals surface area contributed by atoms with Crippen LogP contribution in [0.15, 0.2) is 18.3 Å². The molecule has 1 aliphatic carbocycles. The molecule has 1 saturated carbocycles. The Hall–Kier alpha value is -0.740. The van der Waals surface area contributed by atoms with Gasteiger partial charge in [0, 0.05) is 17.5 Å². The first kappa shape index (κ1) is 13.3. The molecule has 0 aliphatic heterocycles. The van der Waals surface area contributed by atoms with E-state index >= 15 is 0 Å². The van der Waals surface area contributed by atoms with Crippen molar-refractivity contribution in [2.75, 3.05) is 6.26 Å². The molecule has 19 heavy (non-hydrogen) atoms. The zero-order chi connectivity index (χ0) is 13.2. The van der Waals surface area contributed by atoms with Crippen LogP contribution in [0.2, 0.25) is 0 Å². The van der Waals surface area contributed by atoms with Gasteiger partial charge in [0.25, 0.3) is 0 Å². The fraction of sp³-hybridized carbons (Fsp3) is 0.571. The lowest BCUT2D eigenvalue weighted by atomic mass is 9.94. The fourth-order valence-electron chi connectivity index (χ4n) is 3.02. The van der Waals surface area contributed by atoms with Gasteiger partial charge in [0.1, 0.15) is 11.3 Å². The lowest BCUT2D eigenvalue weighted by Crippen LogP contribution is -2.22. The Morgan fingerprint density at radius 2 is 2.37 bits per heavy atom. The number of fused-ring (bicyclic) bond motifs is 1. The van der Waals surface area contributed by atoms with Crippen LogP contribution in [0.3, 0.4) is 0 Å². The van der Waals surface area contributed by atoms with Crippen molar-refractivity contribution in [3.8, 4) is 0 Å². The topological polar surface area (TPSA) is 30.7 Å². The van der Waals surface area contributed by atoms with Crippen LogP contribution in [-0.2, 0) is 5.88 Å². The Kier molecular flexibility index (Phi) is 3.99. The van der Waals surface area contributed by atoms with Crippen LogP contribution in [0.25, 0.3) is 11.2 Å². The van der Waals surface area contributed by atoms with Gasteiger partial charge < -0.3 is 4.57 Å². The molecule has 0 spiro atoms. The highest BCUT2D eigenvalue weighted by Crippen LogP contribution is 2.36. The number of pyridine rings is 1. The van der Waals surface area contributed by atoms with Crippen LogP contribution in [0.5, 0.6) is 0 Å². The van der Waals surface area contributed by atoms with Crippen molar-refractivity contribution in [2.45, 2.75) is 42.9 Å². The maximum absolute atomic E-state index is 6.08. The van der Waals surface area contributed by atoms with Gasteiger partial charge in [0.05, 0.1) is 5.88 Å². The molecule has 0 bridgehead atoms. The maximum Gasteiger partial charge on any atom is 0.160 e. The molecule has 1 fully saturated rings. The van der Waals surface area contributed by atoms with Crippen molar-refractivity contribution in [1.29, 1.82) is 0 Å². The van der Waals surface area contributed by atoms with E-state index in [2.05, 4.69) is 20.8 Å². The minimum absolute atomic E-state index is 0.455. The predicted molar refractivity (Wildman–Crippen MR) is 81.9 cm³/mol. The third kappa shape index (κ3) is 2.48. The smallest absolute Gasteiger partial charge is 0.160 e. The highest BCUT2D eigenvalue weighted by molar-refractivity contribution is 7.99. The van der Waals surface area contributed by atoms with Gasteiger partial charge in [-0.1, -0.05) is 6.42 Å². The summed E-state index contributed by atoms with van der Waals surface area (Å²) in [5, 5.41) is 0.753. The van der Waals surface area contributed by atoms with E-state index in [9.17, 15) is 0 Å². The highest BCUT2D eigenvalue weighted by Gasteiger charge is 2.26. The molecule has 0 saturated heterocycles. The molecule has 2 atom stereocenters. The Morgan fingerprint density at radius 1 is 1.47 bits per heavy atom. The normalized spacial score (nSPS) is 23.9. The van der Waals surface area contributed by atoms with Gasteiger partial charge in [-0.05, 0) is 37.7 Å². The van der Waals surface area contributed by atoms with Crippen LogP contribution >= 0.6 is 23.4 Å². The number of hydrogen-bond donors (Lipinski definition) is 0. The van der Waals surface area contributed by atoms with Gasteiger partial charge in [-0.2, -0.15) is 11.8 Å². The van der Waals surface area contributed by atoms with E-state index in [-0.39, 0.29) is 0 Å². The van der Waals surface area contributed by atoms with E-state index in [0.29, 0.717) is 11.9 Å². The third-order valence-corrected chi connectivity index (χ3v) is 5.27. The molecule has 3 nitrogen and oxygen atoms in total. The number of nitrogens with zero attached hydrogens (tertiary/aromatic N) is 3. The molecule has 102 valence electrons.